The van der Waals surface area contributed by atoms with E-state index in [0.717, 1.165) is 18.9 Å². The number of H-pyrrole nitrogens is 1. The summed E-state index contributed by atoms with van der Waals surface area (Å²) in [5.74, 6) is 0.454. The monoisotopic (exact) mass is 363 g/mol. The van der Waals surface area contributed by atoms with Crippen molar-refractivity contribution in [3.63, 3.8) is 0 Å². The molecule has 0 unspecified atom stereocenters. The minimum absolute atomic E-state index is 0.0147. The molecule has 0 bridgehead atoms. The smallest absolute Gasteiger partial charge is 0.297 e. The van der Waals surface area contributed by atoms with Crippen LogP contribution in [0.2, 0.25) is 0 Å². The molecule has 0 amide bonds. The summed E-state index contributed by atoms with van der Waals surface area (Å²) in [7, 11) is 0. The van der Waals surface area contributed by atoms with Crippen LogP contribution in [0, 0.1) is 4.77 Å². The maximum Gasteiger partial charge on any atom is 0.417 e. The number of alkyl halides is 3. The van der Waals surface area contributed by atoms with Crippen LogP contribution in [-0.2, 0) is 6.18 Å². The second kappa shape index (κ2) is 4.70. The molecule has 1 fully saturated rings. The van der Waals surface area contributed by atoms with E-state index in [1.807, 2.05) is 0 Å². The number of hydrogen-bond donors (Lipinski definition) is 1. The van der Waals surface area contributed by atoms with Gasteiger partial charge < -0.3 is 0 Å². The summed E-state index contributed by atoms with van der Waals surface area (Å²) in [5.41, 5.74) is -0.314. The molecular weight excluding hydrogens is 355 g/mol. The Morgan fingerprint density at radius 1 is 1.35 bits per heavy atom. The van der Waals surface area contributed by atoms with Crippen LogP contribution in [-0.4, -0.2) is 14.8 Å². The van der Waals surface area contributed by atoms with Crippen LogP contribution in [0.15, 0.2) is 22.7 Å². The highest BCUT2D eigenvalue weighted by Crippen LogP contribution is 2.40. The van der Waals surface area contributed by atoms with Gasteiger partial charge in [-0.3, -0.25) is 9.67 Å². The Hall–Kier alpha value is -1.15. The van der Waals surface area contributed by atoms with Gasteiger partial charge in [0.15, 0.2) is 10.6 Å². The summed E-state index contributed by atoms with van der Waals surface area (Å²) in [6, 6.07) is 4.32. The molecule has 0 saturated heterocycles. The van der Waals surface area contributed by atoms with E-state index in [4.69, 9.17) is 12.2 Å². The maximum absolute atomic E-state index is 12.9. The Kier molecular flexibility index (Phi) is 3.24. The van der Waals surface area contributed by atoms with Gasteiger partial charge in [-0.25, -0.2) is 0 Å². The van der Waals surface area contributed by atoms with E-state index in [1.54, 1.807) is 10.6 Å². The molecule has 106 valence electrons. The van der Waals surface area contributed by atoms with Crippen LogP contribution in [0.3, 0.4) is 0 Å². The van der Waals surface area contributed by atoms with Crippen LogP contribution in [0.25, 0.3) is 11.4 Å². The minimum atomic E-state index is -4.41. The average Bonchev–Trinajstić information content (AvgIpc) is 3.12. The highest BCUT2D eigenvalue weighted by molar-refractivity contribution is 9.10. The van der Waals surface area contributed by atoms with Gasteiger partial charge >= 0.3 is 6.18 Å². The van der Waals surface area contributed by atoms with Crippen molar-refractivity contribution < 1.29 is 13.2 Å². The number of halogens is 4. The van der Waals surface area contributed by atoms with Crippen LogP contribution >= 0.6 is 28.1 Å². The summed E-state index contributed by atoms with van der Waals surface area (Å²) >= 11 is 8.06. The molecule has 0 atom stereocenters. The lowest BCUT2D eigenvalue weighted by Crippen LogP contribution is -2.07. The van der Waals surface area contributed by atoms with Gasteiger partial charge in [0.1, 0.15) is 0 Å². The first kappa shape index (κ1) is 13.8. The molecule has 3 nitrogen and oxygen atoms in total. The third kappa shape index (κ3) is 2.42. The summed E-state index contributed by atoms with van der Waals surface area (Å²) < 4.78 is 41.1. The van der Waals surface area contributed by atoms with E-state index in [0.29, 0.717) is 16.2 Å². The lowest BCUT2D eigenvalue weighted by Gasteiger charge is -2.11. The van der Waals surface area contributed by atoms with Crippen molar-refractivity contribution >= 4 is 28.1 Å². The van der Waals surface area contributed by atoms with Crippen LogP contribution < -0.4 is 0 Å². The lowest BCUT2D eigenvalue weighted by molar-refractivity contribution is -0.138. The van der Waals surface area contributed by atoms with Gasteiger partial charge in [-0.15, -0.1) is 0 Å². The topological polar surface area (TPSA) is 33.6 Å². The zero-order valence-electron chi connectivity index (χ0n) is 10.0. The van der Waals surface area contributed by atoms with Gasteiger partial charge in [0.2, 0.25) is 0 Å². The van der Waals surface area contributed by atoms with Crippen molar-refractivity contribution in [1.29, 1.82) is 0 Å². The largest absolute Gasteiger partial charge is 0.417 e. The van der Waals surface area contributed by atoms with Crippen LogP contribution in [0.5, 0.6) is 0 Å². The number of nitrogens with zero attached hydrogens (tertiary/aromatic N) is 2. The third-order valence-electron chi connectivity index (χ3n) is 3.15. The molecule has 1 N–H and O–H groups in total. The van der Waals surface area contributed by atoms with Crippen molar-refractivity contribution in [1.82, 2.24) is 14.8 Å². The highest BCUT2D eigenvalue weighted by atomic mass is 79.9. The fourth-order valence-corrected chi connectivity index (χ4v) is 2.81. The quantitative estimate of drug-likeness (QED) is 0.782. The minimum Gasteiger partial charge on any atom is -0.297 e. The molecule has 1 saturated carbocycles. The molecule has 0 aliphatic heterocycles. The number of aromatic amines is 1. The summed E-state index contributed by atoms with van der Waals surface area (Å²) in [6.45, 7) is 0. The summed E-state index contributed by atoms with van der Waals surface area (Å²) in [6.07, 6.45) is -2.46. The van der Waals surface area contributed by atoms with Gasteiger partial charge in [-0.1, -0.05) is 22.0 Å². The first-order valence-corrected chi connectivity index (χ1v) is 7.12. The molecule has 1 heterocycles. The SMILES string of the molecule is FC(F)(F)c1cc(-c2n[nH]c(=S)n2C2CC2)ccc1Br. The molecule has 1 aromatic heterocycles. The van der Waals surface area contributed by atoms with E-state index >= 15 is 0 Å². The van der Waals surface area contributed by atoms with Crippen molar-refractivity contribution in [3.05, 3.63) is 33.0 Å². The van der Waals surface area contributed by atoms with Crippen molar-refractivity contribution in [2.24, 2.45) is 0 Å². The number of benzene rings is 1. The molecular formula is C12H9BrF3N3S. The number of rotatable bonds is 2. The highest BCUT2D eigenvalue weighted by Gasteiger charge is 2.34. The van der Waals surface area contributed by atoms with E-state index < -0.39 is 11.7 Å². The second-order valence-corrected chi connectivity index (χ2v) is 5.89. The lowest BCUT2D eigenvalue weighted by atomic mass is 10.1. The Bertz CT molecular complexity index is 715. The zero-order chi connectivity index (χ0) is 14.5. The Labute approximate surface area is 125 Å². The van der Waals surface area contributed by atoms with Crippen LogP contribution in [0.4, 0.5) is 13.2 Å². The number of hydrogen-bond acceptors (Lipinski definition) is 2. The Morgan fingerprint density at radius 3 is 2.65 bits per heavy atom. The normalized spacial score (nSPS) is 15.6. The van der Waals surface area contributed by atoms with E-state index in [-0.39, 0.29) is 10.5 Å². The molecule has 1 aromatic carbocycles. The Balaban J connectivity index is 2.14. The standard InChI is InChI=1S/C12H9BrF3N3S/c13-9-4-1-6(5-8(9)12(14,15)16)10-17-18-11(20)19(10)7-2-3-7/h1,4-5,7H,2-3H2,(H,18,20). The molecule has 3 rings (SSSR count). The molecule has 0 spiro atoms. The van der Waals surface area contributed by atoms with Gasteiger partial charge in [0, 0.05) is 16.1 Å². The third-order valence-corrected chi connectivity index (χ3v) is 4.13. The Morgan fingerprint density at radius 2 is 2.05 bits per heavy atom. The van der Waals surface area contributed by atoms with Crippen molar-refractivity contribution in [2.75, 3.05) is 0 Å². The van der Waals surface area contributed by atoms with Crippen LogP contribution in [0.1, 0.15) is 24.4 Å². The summed E-state index contributed by atoms with van der Waals surface area (Å²) in [5, 5.41) is 6.72. The van der Waals surface area contributed by atoms with E-state index in [2.05, 4.69) is 26.1 Å². The van der Waals surface area contributed by atoms with Gasteiger partial charge in [0.25, 0.3) is 0 Å². The fraction of sp³-hybridized carbons (Fsp3) is 0.333. The number of nitrogens with one attached hydrogen (secondary N) is 1. The molecule has 1 aliphatic carbocycles. The zero-order valence-corrected chi connectivity index (χ0v) is 12.4. The molecule has 20 heavy (non-hydrogen) atoms. The first-order chi connectivity index (χ1) is 9.38. The van der Waals surface area contributed by atoms with Gasteiger partial charge in [0.05, 0.1) is 5.56 Å². The summed E-state index contributed by atoms with van der Waals surface area (Å²) in [4.78, 5) is 0. The molecule has 8 heteroatoms. The van der Waals surface area contributed by atoms with E-state index in [1.165, 1.54) is 6.07 Å². The second-order valence-electron chi connectivity index (χ2n) is 4.65. The van der Waals surface area contributed by atoms with Crippen molar-refractivity contribution in [2.45, 2.75) is 25.1 Å². The van der Waals surface area contributed by atoms with Gasteiger partial charge in [-0.05, 0) is 37.2 Å². The predicted molar refractivity (Wildman–Crippen MR) is 73.8 cm³/mol. The van der Waals surface area contributed by atoms with Crippen molar-refractivity contribution in [3.8, 4) is 11.4 Å². The number of aromatic nitrogens is 3. The average molecular weight is 364 g/mol. The molecule has 2 aromatic rings. The maximum atomic E-state index is 12.9. The first-order valence-electron chi connectivity index (χ1n) is 5.92. The molecule has 0 radical (unpaired) electrons. The predicted octanol–water partition coefficient (Wildman–Crippen LogP) is 4.72. The fourth-order valence-electron chi connectivity index (χ4n) is 2.06. The van der Waals surface area contributed by atoms with Gasteiger partial charge in [-0.2, -0.15) is 18.3 Å². The molecule has 1 aliphatic rings. The van der Waals surface area contributed by atoms with E-state index in [9.17, 15) is 13.2 Å².